The molecule has 6 nitrogen and oxygen atoms in total. The molecule has 0 radical (unpaired) electrons. The summed E-state index contributed by atoms with van der Waals surface area (Å²) in [7, 11) is 0. The number of hydrogen-bond acceptors (Lipinski definition) is 3. The second kappa shape index (κ2) is 9.67. The quantitative estimate of drug-likeness (QED) is 0.746. The number of nitrogens with zero attached hydrogens (tertiary/aromatic N) is 3. The first-order chi connectivity index (χ1) is 15.0. The zero-order valence-electron chi connectivity index (χ0n) is 18.5. The lowest BCUT2D eigenvalue weighted by Crippen LogP contribution is -2.45. The van der Waals surface area contributed by atoms with Gasteiger partial charge in [0.05, 0.1) is 12.5 Å². The van der Waals surface area contributed by atoms with Crippen molar-refractivity contribution in [1.29, 1.82) is 0 Å². The van der Waals surface area contributed by atoms with Crippen molar-refractivity contribution in [2.75, 3.05) is 26.2 Å². The van der Waals surface area contributed by atoms with Crippen LogP contribution in [0.3, 0.4) is 0 Å². The van der Waals surface area contributed by atoms with Gasteiger partial charge in [-0.3, -0.25) is 14.4 Å². The summed E-state index contributed by atoms with van der Waals surface area (Å²) in [5, 5.41) is 0. The van der Waals surface area contributed by atoms with E-state index in [1.165, 1.54) is 19.8 Å². The minimum absolute atomic E-state index is 0.0363. The molecule has 3 amide bonds. The molecular formula is C25H33N3O3. The molecule has 4 rings (SSSR count). The molecule has 0 aliphatic carbocycles. The summed E-state index contributed by atoms with van der Waals surface area (Å²) in [6.07, 6.45) is 10.1. The maximum atomic E-state index is 13.1. The highest BCUT2D eigenvalue weighted by atomic mass is 16.2. The molecule has 2 fully saturated rings. The summed E-state index contributed by atoms with van der Waals surface area (Å²) in [5.74, 6) is 0.310. The summed E-state index contributed by atoms with van der Waals surface area (Å²) in [6, 6.07) is 7.66. The van der Waals surface area contributed by atoms with Crippen molar-refractivity contribution in [1.82, 2.24) is 14.7 Å². The Kier molecular flexibility index (Phi) is 6.73. The molecule has 1 unspecified atom stereocenters. The lowest BCUT2D eigenvalue weighted by molar-refractivity contribution is -0.141. The van der Waals surface area contributed by atoms with Gasteiger partial charge >= 0.3 is 0 Å². The molecule has 6 heteroatoms. The van der Waals surface area contributed by atoms with E-state index >= 15 is 0 Å². The minimum atomic E-state index is -0.275. The number of benzene rings is 1. The van der Waals surface area contributed by atoms with Crippen molar-refractivity contribution in [2.24, 2.45) is 5.92 Å². The van der Waals surface area contributed by atoms with Gasteiger partial charge in [-0.25, -0.2) is 0 Å². The lowest BCUT2D eigenvalue weighted by atomic mass is 9.92. The van der Waals surface area contributed by atoms with Gasteiger partial charge in [-0.15, -0.1) is 0 Å². The molecule has 3 heterocycles. The zero-order chi connectivity index (χ0) is 21.8. The molecule has 1 aromatic rings. The van der Waals surface area contributed by atoms with Gasteiger partial charge in [-0.2, -0.15) is 0 Å². The molecule has 1 aromatic carbocycles. The predicted molar refractivity (Wildman–Crippen MR) is 120 cm³/mol. The summed E-state index contributed by atoms with van der Waals surface area (Å²) < 4.78 is 0. The summed E-state index contributed by atoms with van der Waals surface area (Å²) in [5.41, 5.74) is 2.07. The molecule has 0 aromatic heterocycles. The highest BCUT2D eigenvalue weighted by molar-refractivity contribution is 5.83. The standard InChI is InChI=1S/C25H33N3O3/c1-19(29)28-17-12-20-8-4-5-9-22(20)23(28)18-24(30)26-15-10-21(11-16-26)25(31)27-13-6-2-3-7-14-27/h4-5,8-9,12,17,21,23H,2-3,6-7,10-11,13-16,18H2,1H3. The monoisotopic (exact) mass is 423 g/mol. The molecule has 3 aliphatic heterocycles. The molecule has 0 bridgehead atoms. The molecular weight excluding hydrogens is 390 g/mol. The van der Waals surface area contributed by atoms with Crippen molar-refractivity contribution < 1.29 is 14.4 Å². The fraction of sp³-hybridized carbons (Fsp3) is 0.560. The Balaban J connectivity index is 1.37. The summed E-state index contributed by atoms with van der Waals surface area (Å²) >= 11 is 0. The highest BCUT2D eigenvalue weighted by Crippen LogP contribution is 2.34. The lowest BCUT2D eigenvalue weighted by Gasteiger charge is -2.37. The Hall–Kier alpha value is -2.63. The molecule has 31 heavy (non-hydrogen) atoms. The van der Waals surface area contributed by atoms with E-state index in [-0.39, 0.29) is 36.1 Å². The van der Waals surface area contributed by atoms with Gasteiger partial charge in [-0.05, 0) is 42.9 Å². The van der Waals surface area contributed by atoms with Crippen molar-refractivity contribution in [3.8, 4) is 0 Å². The molecule has 0 spiro atoms. The van der Waals surface area contributed by atoms with Crippen molar-refractivity contribution in [2.45, 2.75) is 57.9 Å². The van der Waals surface area contributed by atoms with E-state index in [0.29, 0.717) is 13.1 Å². The van der Waals surface area contributed by atoms with Crippen molar-refractivity contribution in [3.05, 3.63) is 41.6 Å². The predicted octanol–water partition coefficient (Wildman–Crippen LogP) is 3.59. The van der Waals surface area contributed by atoms with Crippen LogP contribution in [0.2, 0.25) is 0 Å². The third-order valence-electron chi connectivity index (χ3n) is 6.95. The first-order valence-corrected chi connectivity index (χ1v) is 11.7. The minimum Gasteiger partial charge on any atom is -0.343 e. The zero-order valence-corrected chi connectivity index (χ0v) is 18.5. The first kappa shape index (κ1) is 21.6. The van der Waals surface area contributed by atoms with Crippen LogP contribution in [0.1, 0.15) is 69.0 Å². The van der Waals surface area contributed by atoms with E-state index in [0.717, 1.165) is 49.9 Å². The van der Waals surface area contributed by atoms with Crippen LogP contribution in [0.4, 0.5) is 0 Å². The van der Waals surface area contributed by atoms with E-state index in [1.54, 1.807) is 11.1 Å². The Labute approximate surface area is 184 Å². The van der Waals surface area contributed by atoms with Gasteiger partial charge in [0.1, 0.15) is 0 Å². The van der Waals surface area contributed by atoms with E-state index in [9.17, 15) is 14.4 Å². The number of hydrogen-bond donors (Lipinski definition) is 0. The Morgan fingerprint density at radius 3 is 2.26 bits per heavy atom. The first-order valence-electron chi connectivity index (χ1n) is 11.7. The fourth-order valence-electron chi connectivity index (χ4n) is 5.13. The average molecular weight is 424 g/mol. The summed E-state index contributed by atoms with van der Waals surface area (Å²) in [6.45, 7) is 4.54. The third kappa shape index (κ3) is 4.83. The van der Waals surface area contributed by atoms with Crippen LogP contribution in [0, 0.1) is 5.92 Å². The third-order valence-corrected chi connectivity index (χ3v) is 6.95. The van der Waals surface area contributed by atoms with Gasteiger partial charge in [0.15, 0.2) is 0 Å². The average Bonchev–Trinajstić information content (AvgIpc) is 3.08. The molecule has 166 valence electrons. The number of rotatable bonds is 3. The summed E-state index contributed by atoms with van der Waals surface area (Å²) in [4.78, 5) is 43.8. The smallest absolute Gasteiger partial charge is 0.225 e. The maximum Gasteiger partial charge on any atom is 0.225 e. The SMILES string of the molecule is CC(=O)N1C=Cc2ccccc2C1CC(=O)N1CCC(C(=O)N2CCCCCC2)CC1. The molecule has 3 aliphatic rings. The largest absolute Gasteiger partial charge is 0.343 e. The molecule has 0 saturated carbocycles. The van der Waals surface area contributed by atoms with Crippen LogP contribution in [0.25, 0.3) is 6.08 Å². The topological polar surface area (TPSA) is 60.9 Å². The number of piperidine rings is 1. The second-order valence-electron chi connectivity index (χ2n) is 8.99. The van der Waals surface area contributed by atoms with Crippen LogP contribution < -0.4 is 0 Å². The van der Waals surface area contributed by atoms with Crippen LogP contribution in [0.15, 0.2) is 30.5 Å². The van der Waals surface area contributed by atoms with Crippen LogP contribution >= 0.6 is 0 Å². The van der Waals surface area contributed by atoms with Crippen LogP contribution in [-0.4, -0.2) is 58.6 Å². The van der Waals surface area contributed by atoms with Gasteiger partial charge in [-0.1, -0.05) is 37.1 Å². The van der Waals surface area contributed by atoms with E-state index < -0.39 is 0 Å². The van der Waals surface area contributed by atoms with E-state index in [1.807, 2.05) is 40.1 Å². The highest BCUT2D eigenvalue weighted by Gasteiger charge is 2.33. The fourth-order valence-corrected chi connectivity index (χ4v) is 5.13. The van der Waals surface area contributed by atoms with Crippen molar-refractivity contribution >= 4 is 23.8 Å². The molecule has 1 atom stereocenters. The van der Waals surface area contributed by atoms with Gasteiger partial charge in [0, 0.05) is 45.2 Å². The van der Waals surface area contributed by atoms with Crippen molar-refractivity contribution in [3.63, 3.8) is 0 Å². The van der Waals surface area contributed by atoms with Crippen LogP contribution in [0.5, 0.6) is 0 Å². The molecule has 2 saturated heterocycles. The number of carbonyl (C=O) groups is 3. The van der Waals surface area contributed by atoms with E-state index in [4.69, 9.17) is 0 Å². The molecule has 0 N–H and O–H groups in total. The number of amides is 3. The Bertz CT molecular complexity index is 849. The Morgan fingerprint density at radius 2 is 1.58 bits per heavy atom. The van der Waals surface area contributed by atoms with Gasteiger partial charge in [0.25, 0.3) is 0 Å². The van der Waals surface area contributed by atoms with Crippen LogP contribution in [-0.2, 0) is 14.4 Å². The van der Waals surface area contributed by atoms with Gasteiger partial charge in [0.2, 0.25) is 17.7 Å². The number of likely N-dealkylation sites (tertiary alicyclic amines) is 2. The Morgan fingerprint density at radius 1 is 0.903 bits per heavy atom. The number of carbonyl (C=O) groups excluding carboxylic acids is 3. The number of fused-ring (bicyclic) bond motifs is 1. The maximum absolute atomic E-state index is 13.1. The van der Waals surface area contributed by atoms with E-state index in [2.05, 4.69) is 0 Å². The van der Waals surface area contributed by atoms with Gasteiger partial charge < -0.3 is 14.7 Å². The normalized spacial score (nSPS) is 22.1. The second-order valence-corrected chi connectivity index (χ2v) is 8.99.